The second kappa shape index (κ2) is 20.7. The number of alkyl halides is 3. The van der Waals surface area contributed by atoms with Gasteiger partial charge in [0, 0.05) is 23.7 Å². The van der Waals surface area contributed by atoms with Crippen LogP contribution in [-0.4, -0.2) is 83.4 Å². The standard InChI is InChI=1S/C38H49F2N3O6S.C2HF3O2/c1-4-9-32(10-5-2)50(48,49)24-34(43-36(46)27-12-8-14-31(44)21-27)37(47)42-33(20-26-18-29(39)22-30(40)19-26)35(45)23-41-38(15-16-38)28-13-7-11-25(6-3)17-28;3-2(4,5)1(6)7/h7-8,11-14,17-19,21-22,32-35,41,44-45H,4-6,9-10,15-16,20,23-24H2,1-3H3,(H,42,47)(H,43,46);(H,6,7)/t33-,34+,35+;/m0./s1. The number of amides is 2. The van der Waals surface area contributed by atoms with Crippen LogP contribution in [0.25, 0.3) is 0 Å². The van der Waals surface area contributed by atoms with E-state index in [1.807, 2.05) is 32.0 Å². The summed E-state index contributed by atoms with van der Waals surface area (Å²) in [5.74, 6) is -6.98. The van der Waals surface area contributed by atoms with E-state index in [-0.39, 0.29) is 35.4 Å². The number of phenolic OH excluding ortho intramolecular Hbond substituents is 1. The number of sulfone groups is 1. The molecule has 3 aromatic rings. The Morgan fingerprint density at radius 2 is 1.46 bits per heavy atom. The molecule has 3 atom stereocenters. The molecule has 0 bridgehead atoms. The monoisotopic (exact) mass is 827 g/mol. The molecule has 0 saturated heterocycles. The van der Waals surface area contributed by atoms with Crippen molar-refractivity contribution < 1.29 is 60.1 Å². The third-order valence-electron chi connectivity index (χ3n) is 9.56. The van der Waals surface area contributed by atoms with E-state index in [9.17, 15) is 50.2 Å². The number of aliphatic hydroxyl groups excluding tert-OH is 1. The minimum Gasteiger partial charge on any atom is -0.508 e. The SMILES string of the molecule is CCCC(CCC)S(=O)(=O)C[C@@H](NC(=O)c1cccc(O)c1)C(=O)N[C@@H](Cc1cc(F)cc(F)c1)[C@H](O)CNC1(c2cccc(CC)c2)CC1.O=C(O)C(F)(F)F. The molecule has 0 unspecified atom stereocenters. The molecular formula is C40H50F5N3O8S. The Balaban J connectivity index is 0.00000113. The van der Waals surface area contributed by atoms with Gasteiger partial charge in [0.2, 0.25) is 5.91 Å². The highest BCUT2D eigenvalue weighted by Crippen LogP contribution is 2.45. The van der Waals surface area contributed by atoms with Crippen molar-refractivity contribution in [1.29, 1.82) is 0 Å². The zero-order valence-corrected chi connectivity index (χ0v) is 32.7. The van der Waals surface area contributed by atoms with Gasteiger partial charge in [0.15, 0.2) is 9.84 Å². The molecule has 57 heavy (non-hydrogen) atoms. The summed E-state index contributed by atoms with van der Waals surface area (Å²) in [5, 5.41) is 36.5. The van der Waals surface area contributed by atoms with Gasteiger partial charge in [0.05, 0.1) is 23.1 Å². The van der Waals surface area contributed by atoms with E-state index in [4.69, 9.17) is 9.90 Å². The molecule has 0 aromatic heterocycles. The molecule has 4 rings (SSSR count). The number of carboxylic acids is 1. The third kappa shape index (κ3) is 14.4. The zero-order valence-electron chi connectivity index (χ0n) is 31.9. The van der Waals surface area contributed by atoms with Crippen LogP contribution < -0.4 is 16.0 Å². The lowest BCUT2D eigenvalue weighted by atomic mass is 9.98. The van der Waals surface area contributed by atoms with Gasteiger partial charge in [-0.25, -0.2) is 22.0 Å². The Hall–Kier alpha value is -4.61. The molecule has 1 aliphatic carbocycles. The maximum atomic E-state index is 14.2. The number of phenols is 1. The topological polar surface area (TPSA) is 182 Å². The quantitative estimate of drug-likeness (QED) is 0.0825. The highest BCUT2D eigenvalue weighted by Gasteiger charge is 2.45. The number of nitrogens with one attached hydrogen (secondary N) is 3. The van der Waals surface area contributed by atoms with Gasteiger partial charge >= 0.3 is 12.1 Å². The van der Waals surface area contributed by atoms with Crippen LogP contribution in [0, 0.1) is 11.6 Å². The first kappa shape index (κ1) is 46.8. The predicted octanol–water partition coefficient (Wildman–Crippen LogP) is 5.72. The maximum absolute atomic E-state index is 14.2. The van der Waals surface area contributed by atoms with Crippen molar-refractivity contribution in [3.63, 3.8) is 0 Å². The van der Waals surface area contributed by atoms with Crippen molar-refractivity contribution in [3.8, 4) is 5.75 Å². The third-order valence-corrected chi connectivity index (χ3v) is 11.8. The minimum absolute atomic E-state index is 0.00673. The molecule has 6 N–H and O–H groups in total. The fourth-order valence-electron chi connectivity index (χ4n) is 6.36. The van der Waals surface area contributed by atoms with Crippen molar-refractivity contribution in [1.82, 2.24) is 16.0 Å². The zero-order chi connectivity index (χ0) is 42.6. The molecule has 0 heterocycles. The molecule has 3 aromatic carbocycles. The first-order chi connectivity index (χ1) is 26.7. The van der Waals surface area contributed by atoms with E-state index in [0.29, 0.717) is 25.7 Å². The summed E-state index contributed by atoms with van der Waals surface area (Å²) in [6.07, 6.45) is -2.05. The van der Waals surface area contributed by atoms with Crippen molar-refractivity contribution in [2.45, 2.75) is 107 Å². The number of hydrogen-bond donors (Lipinski definition) is 6. The highest BCUT2D eigenvalue weighted by atomic mass is 32.2. The summed E-state index contributed by atoms with van der Waals surface area (Å²) in [7, 11) is -3.91. The number of aliphatic carboxylic acids is 1. The lowest BCUT2D eigenvalue weighted by Gasteiger charge is -2.29. The van der Waals surface area contributed by atoms with Gasteiger partial charge < -0.3 is 31.3 Å². The lowest BCUT2D eigenvalue weighted by Crippen LogP contribution is -2.57. The molecule has 2 amide bonds. The number of aryl methyl sites for hydroxylation is 1. The van der Waals surface area contributed by atoms with Crippen LogP contribution in [-0.2, 0) is 37.8 Å². The first-order valence-corrected chi connectivity index (χ1v) is 20.3. The largest absolute Gasteiger partial charge is 0.508 e. The number of aromatic hydroxyl groups is 1. The van der Waals surface area contributed by atoms with Crippen LogP contribution in [0.3, 0.4) is 0 Å². The minimum atomic E-state index is -5.08. The van der Waals surface area contributed by atoms with Crippen LogP contribution in [0.1, 0.15) is 86.3 Å². The fourth-order valence-corrected chi connectivity index (χ4v) is 8.52. The van der Waals surface area contributed by atoms with Gasteiger partial charge in [-0.1, -0.05) is 63.9 Å². The maximum Gasteiger partial charge on any atom is 0.490 e. The number of carboxylic acid groups (broad SMARTS) is 1. The predicted molar refractivity (Wildman–Crippen MR) is 203 cm³/mol. The summed E-state index contributed by atoms with van der Waals surface area (Å²) < 4.78 is 87.5. The summed E-state index contributed by atoms with van der Waals surface area (Å²) in [6.45, 7) is 5.81. The summed E-state index contributed by atoms with van der Waals surface area (Å²) in [5.41, 5.74) is 2.05. The Morgan fingerprint density at radius 1 is 0.860 bits per heavy atom. The van der Waals surface area contributed by atoms with Crippen molar-refractivity contribution in [2.24, 2.45) is 0 Å². The van der Waals surface area contributed by atoms with Crippen LogP contribution in [0.15, 0.2) is 66.7 Å². The lowest BCUT2D eigenvalue weighted by molar-refractivity contribution is -0.192. The molecular weight excluding hydrogens is 778 g/mol. The van der Waals surface area contributed by atoms with Crippen LogP contribution >= 0.6 is 0 Å². The first-order valence-electron chi connectivity index (χ1n) is 18.6. The van der Waals surface area contributed by atoms with Crippen LogP contribution in [0.5, 0.6) is 5.75 Å². The van der Waals surface area contributed by atoms with Gasteiger partial charge in [-0.05, 0) is 85.5 Å². The molecule has 1 saturated carbocycles. The van der Waals surface area contributed by atoms with Gasteiger partial charge in [0.25, 0.3) is 5.91 Å². The number of rotatable bonds is 19. The Bertz CT molecular complexity index is 1920. The summed E-state index contributed by atoms with van der Waals surface area (Å²) in [6, 6.07) is 13.8. The van der Waals surface area contributed by atoms with E-state index in [1.165, 1.54) is 29.8 Å². The smallest absolute Gasteiger partial charge is 0.490 e. The highest BCUT2D eigenvalue weighted by molar-refractivity contribution is 7.92. The number of carbonyl (C=O) groups excluding carboxylic acids is 2. The normalized spacial score (nSPS) is 15.1. The molecule has 1 aliphatic rings. The number of halogens is 5. The van der Waals surface area contributed by atoms with Gasteiger partial charge in [-0.15, -0.1) is 0 Å². The van der Waals surface area contributed by atoms with E-state index in [0.717, 1.165) is 43.0 Å². The molecule has 17 heteroatoms. The molecule has 0 radical (unpaired) electrons. The number of aliphatic hydroxyl groups is 1. The average molecular weight is 828 g/mol. The molecule has 1 fully saturated rings. The second-order valence-electron chi connectivity index (χ2n) is 14.1. The van der Waals surface area contributed by atoms with E-state index in [1.54, 1.807) is 0 Å². The number of benzene rings is 3. The van der Waals surface area contributed by atoms with Crippen LogP contribution in [0.4, 0.5) is 22.0 Å². The van der Waals surface area contributed by atoms with Crippen molar-refractivity contribution in [2.75, 3.05) is 12.3 Å². The number of hydrogen-bond acceptors (Lipinski definition) is 8. The van der Waals surface area contributed by atoms with E-state index >= 15 is 0 Å². The Labute approximate surface area is 329 Å². The number of carbonyl (C=O) groups is 3. The summed E-state index contributed by atoms with van der Waals surface area (Å²) >= 11 is 0. The van der Waals surface area contributed by atoms with Crippen molar-refractivity contribution in [3.05, 3.63) is 101 Å². The molecule has 11 nitrogen and oxygen atoms in total. The molecule has 0 aliphatic heterocycles. The fraction of sp³-hybridized carbons (Fsp3) is 0.475. The van der Waals surface area contributed by atoms with E-state index in [2.05, 4.69) is 28.9 Å². The molecule has 0 spiro atoms. The molecule has 314 valence electrons. The average Bonchev–Trinajstić information content (AvgIpc) is 3.94. The second-order valence-corrected chi connectivity index (χ2v) is 16.4. The Morgan fingerprint density at radius 3 is 1.98 bits per heavy atom. The summed E-state index contributed by atoms with van der Waals surface area (Å²) in [4.78, 5) is 36.2. The van der Waals surface area contributed by atoms with Crippen molar-refractivity contribution >= 4 is 27.6 Å². The van der Waals surface area contributed by atoms with E-state index < -0.39 is 74.6 Å². The van der Waals surface area contributed by atoms with Gasteiger partial charge in [0.1, 0.15) is 23.4 Å². The van der Waals surface area contributed by atoms with Gasteiger partial charge in [-0.3, -0.25) is 9.59 Å². The van der Waals surface area contributed by atoms with Crippen LogP contribution in [0.2, 0.25) is 0 Å². The van der Waals surface area contributed by atoms with Gasteiger partial charge in [-0.2, -0.15) is 13.2 Å². The Kier molecular flexibility index (Phi) is 17.0.